The van der Waals surface area contributed by atoms with E-state index < -0.39 is 23.4 Å². The van der Waals surface area contributed by atoms with Gasteiger partial charge in [-0.3, -0.25) is 0 Å². The number of benzene rings is 1. The van der Waals surface area contributed by atoms with Gasteiger partial charge in [0.25, 0.3) is 0 Å². The molecule has 0 bridgehead atoms. The Balaban J connectivity index is 2.55. The van der Waals surface area contributed by atoms with Gasteiger partial charge in [0.05, 0.1) is 24.6 Å². The van der Waals surface area contributed by atoms with Gasteiger partial charge < -0.3 is 14.2 Å². The molecule has 0 atom stereocenters. The minimum atomic E-state index is -1.63. The molecule has 1 aromatic carbocycles. The zero-order valence-corrected chi connectivity index (χ0v) is 12.5. The lowest BCUT2D eigenvalue weighted by Gasteiger charge is -2.12. The molecular weight excluding hydrogens is 315 g/mol. The van der Waals surface area contributed by atoms with E-state index in [9.17, 15) is 18.0 Å². The van der Waals surface area contributed by atoms with E-state index in [1.807, 2.05) is 0 Å². The predicted molar refractivity (Wildman–Crippen MR) is 74.9 cm³/mol. The maximum Gasteiger partial charge on any atom is 0.356 e. The van der Waals surface area contributed by atoms with Crippen LogP contribution in [0.4, 0.5) is 13.2 Å². The van der Waals surface area contributed by atoms with Crippen molar-refractivity contribution in [1.29, 1.82) is 0 Å². The Bertz CT molecular complexity index is 736. The van der Waals surface area contributed by atoms with Crippen molar-refractivity contribution in [2.24, 2.45) is 0 Å². The van der Waals surface area contributed by atoms with Crippen LogP contribution in [0.25, 0.3) is 10.9 Å². The van der Waals surface area contributed by atoms with Crippen molar-refractivity contribution in [2.45, 2.75) is 6.42 Å². The highest BCUT2D eigenvalue weighted by atomic mass is 19.2. The highest BCUT2D eigenvalue weighted by Crippen LogP contribution is 2.31. The van der Waals surface area contributed by atoms with Crippen LogP contribution in [-0.4, -0.2) is 38.4 Å². The third-order valence-electron chi connectivity index (χ3n) is 3.04. The standard InChI is InChI=1S/C15H14F3NO4/c1-21-4-3-5-23-11-7-10(15(20)22-2)19-9-6-8(16)13(17)14(18)12(9)11/h6-7H,3-5H2,1-2H3. The number of aromatic nitrogens is 1. The minimum Gasteiger partial charge on any atom is -0.493 e. The Morgan fingerprint density at radius 1 is 1.13 bits per heavy atom. The molecule has 5 nitrogen and oxygen atoms in total. The average molecular weight is 329 g/mol. The van der Waals surface area contributed by atoms with Crippen molar-refractivity contribution in [2.75, 3.05) is 27.4 Å². The van der Waals surface area contributed by atoms with Crippen LogP contribution in [0.5, 0.6) is 5.75 Å². The molecule has 2 rings (SSSR count). The molecule has 0 radical (unpaired) electrons. The highest BCUT2D eigenvalue weighted by Gasteiger charge is 2.21. The van der Waals surface area contributed by atoms with E-state index in [1.165, 1.54) is 7.11 Å². The minimum absolute atomic E-state index is 0.122. The van der Waals surface area contributed by atoms with Crippen LogP contribution in [0.3, 0.4) is 0 Å². The third-order valence-corrected chi connectivity index (χ3v) is 3.04. The van der Waals surface area contributed by atoms with Crippen molar-refractivity contribution >= 4 is 16.9 Å². The number of halogens is 3. The molecule has 0 unspecified atom stereocenters. The molecule has 1 heterocycles. The first-order chi connectivity index (χ1) is 11.0. The largest absolute Gasteiger partial charge is 0.493 e. The van der Waals surface area contributed by atoms with E-state index in [1.54, 1.807) is 0 Å². The van der Waals surface area contributed by atoms with Crippen molar-refractivity contribution in [1.82, 2.24) is 4.98 Å². The summed E-state index contributed by atoms with van der Waals surface area (Å²) in [6, 6.07) is 1.82. The lowest BCUT2D eigenvalue weighted by molar-refractivity contribution is 0.0594. The third kappa shape index (κ3) is 3.53. The number of fused-ring (bicyclic) bond motifs is 1. The van der Waals surface area contributed by atoms with Crippen LogP contribution in [0.15, 0.2) is 12.1 Å². The molecule has 0 saturated carbocycles. The van der Waals surface area contributed by atoms with Crippen LogP contribution in [0.1, 0.15) is 16.9 Å². The smallest absolute Gasteiger partial charge is 0.356 e. The molecule has 0 amide bonds. The molecule has 8 heteroatoms. The van der Waals surface area contributed by atoms with E-state index >= 15 is 0 Å². The Hall–Kier alpha value is -2.35. The van der Waals surface area contributed by atoms with E-state index in [2.05, 4.69) is 9.72 Å². The van der Waals surface area contributed by atoms with E-state index in [4.69, 9.17) is 9.47 Å². The first kappa shape index (κ1) is 17.0. The number of pyridine rings is 1. The van der Waals surface area contributed by atoms with E-state index in [-0.39, 0.29) is 29.0 Å². The maximum absolute atomic E-state index is 14.0. The zero-order valence-electron chi connectivity index (χ0n) is 12.5. The number of rotatable bonds is 6. The summed E-state index contributed by atoms with van der Waals surface area (Å²) in [5, 5.41) is -0.339. The molecule has 0 aliphatic rings. The number of ether oxygens (including phenoxy) is 3. The Morgan fingerprint density at radius 3 is 2.52 bits per heavy atom. The molecule has 0 aliphatic heterocycles. The number of methoxy groups -OCH3 is 2. The predicted octanol–water partition coefficient (Wildman–Crippen LogP) is 2.85. The molecule has 23 heavy (non-hydrogen) atoms. The normalized spacial score (nSPS) is 10.8. The maximum atomic E-state index is 14.0. The fourth-order valence-corrected chi connectivity index (χ4v) is 1.97. The molecule has 0 aliphatic carbocycles. The summed E-state index contributed by atoms with van der Waals surface area (Å²) in [5.41, 5.74) is -0.446. The number of esters is 1. The molecular formula is C15H14F3NO4. The molecule has 0 fully saturated rings. The van der Waals surface area contributed by atoms with E-state index in [0.717, 1.165) is 13.2 Å². The lowest BCUT2D eigenvalue weighted by Crippen LogP contribution is -2.08. The second kappa shape index (κ2) is 7.28. The molecule has 0 N–H and O–H groups in total. The quantitative estimate of drug-likeness (QED) is 0.463. The second-order valence-corrected chi connectivity index (χ2v) is 4.57. The van der Waals surface area contributed by atoms with Crippen molar-refractivity contribution in [3.05, 3.63) is 35.3 Å². The number of hydrogen-bond acceptors (Lipinski definition) is 5. The second-order valence-electron chi connectivity index (χ2n) is 4.57. The first-order valence-corrected chi connectivity index (χ1v) is 6.68. The van der Waals surface area contributed by atoms with Gasteiger partial charge in [0.1, 0.15) is 5.75 Å². The number of nitrogens with zero attached hydrogens (tertiary/aromatic N) is 1. The summed E-state index contributed by atoms with van der Waals surface area (Å²) in [7, 11) is 2.65. The fraction of sp³-hybridized carbons (Fsp3) is 0.333. The van der Waals surface area contributed by atoms with Gasteiger partial charge in [-0.25, -0.2) is 22.9 Å². The van der Waals surface area contributed by atoms with Gasteiger partial charge in [0, 0.05) is 32.3 Å². The molecule has 2 aromatic rings. The van der Waals surface area contributed by atoms with Gasteiger partial charge >= 0.3 is 5.97 Å². The summed E-state index contributed by atoms with van der Waals surface area (Å²) in [6.45, 7) is 0.532. The van der Waals surface area contributed by atoms with Crippen LogP contribution in [0.2, 0.25) is 0 Å². The summed E-state index contributed by atoms with van der Waals surface area (Å²) in [6.07, 6.45) is 0.485. The average Bonchev–Trinajstić information content (AvgIpc) is 2.55. The zero-order chi connectivity index (χ0) is 17.0. The van der Waals surface area contributed by atoms with Gasteiger partial charge in [-0.2, -0.15) is 0 Å². The van der Waals surface area contributed by atoms with Gasteiger partial charge in [-0.05, 0) is 0 Å². The van der Waals surface area contributed by atoms with E-state index in [0.29, 0.717) is 19.1 Å². The summed E-state index contributed by atoms with van der Waals surface area (Å²) < 4.78 is 55.6. The number of carbonyl (C=O) groups excluding carboxylic acids is 1. The first-order valence-electron chi connectivity index (χ1n) is 6.68. The summed E-state index contributed by atoms with van der Waals surface area (Å²) in [4.78, 5) is 15.4. The summed E-state index contributed by atoms with van der Waals surface area (Å²) in [5.74, 6) is -5.39. The van der Waals surface area contributed by atoms with Crippen molar-refractivity contribution < 1.29 is 32.2 Å². The SMILES string of the molecule is COCCCOc1cc(C(=O)OC)nc2cc(F)c(F)c(F)c12. The molecule has 0 saturated heterocycles. The topological polar surface area (TPSA) is 57.7 Å². The van der Waals surface area contributed by atoms with Gasteiger partial charge in [-0.15, -0.1) is 0 Å². The van der Waals surface area contributed by atoms with Crippen molar-refractivity contribution in [3.63, 3.8) is 0 Å². The Labute approximate surface area is 130 Å². The lowest BCUT2D eigenvalue weighted by atomic mass is 10.1. The Kier molecular flexibility index (Phi) is 5.38. The molecule has 0 spiro atoms. The van der Waals surface area contributed by atoms with Crippen LogP contribution in [0, 0.1) is 17.5 Å². The van der Waals surface area contributed by atoms with Gasteiger partial charge in [0.2, 0.25) is 0 Å². The van der Waals surface area contributed by atoms with Crippen LogP contribution < -0.4 is 4.74 Å². The van der Waals surface area contributed by atoms with Crippen LogP contribution in [-0.2, 0) is 9.47 Å². The van der Waals surface area contributed by atoms with Gasteiger partial charge in [0.15, 0.2) is 23.1 Å². The van der Waals surface area contributed by atoms with Gasteiger partial charge in [-0.1, -0.05) is 0 Å². The summed E-state index contributed by atoms with van der Waals surface area (Å²) >= 11 is 0. The number of hydrogen-bond donors (Lipinski definition) is 0. The Morgan fingerprint density at radius 2 is 1.87 bits per heavy atom. The highest BCUT2D eigenvalue weighted by molar-refractivity contribution is 5.94. The van der Waals surface area contributed by atoms with Crippen LogP contribution >= 0.6 is 0 Å². The fourth-order valence-electron chi connectivity index (χ4n) is 1.97. The van der Waals surface area contributed by atoms with Crippen molar-refractivity contribution in [3.8, 4) is 5.75 Å². The molecule has 124 valence electrons. The molecule has 1 aromatic heterocycles. The monoisotopic (exact) mass is 329 g/mol. The number of carbonyl (C=O) groups is 1.